The predicted molar refractivity (Wildman–Crippen MR) is 66.5 cm³/mol. The largest absolute Gasteiger partial charge is 0.344 e. The maximum absolute atomic E-state index is 12.3. The summed E-state index contributed by atoms with van der Waals surface area (Å²) in [5.74, 6) is 0. The number of pyridine rings is 1. The van der Waals surface area contributed by atoms with Gasteiger partial charge in [0.25, 0.3) is 0 Å². The number of rotatable bonds is 0. The number of allylic oxidation sites excluding steroid dienone is 1. The number of benzene rings is 1. The molecule has 0 radical (unpaired) electrons. The Morgan fingerprint density at radius 2 is 2.06 bits per heavy atom. The second-order valence-corrected chi connectivity index (χ2v) is 4.21. The highest BCUT2D eigenvalue weighted by Gasteiger charge is 2.14. The van der Waals surface area contributed by atoms with E-state index in [1.54, 1.807) is 0 Å². The number of hydrogen-bond acceptors (Lipinski definition) is 1. The standard InChI is InChI=1S/C14H13NO/c1-15-12-8-4-2-6-10(12)14(16)11-7-3-5-9-13(11)15/h2,4-6,8-9H,3,7H2,1H3. The Bertz CT molecular complexity index is 650. The molecule has 1 heterocycles. The molecule has 1 aliphatic rings. The van der Waals surface area contributed by atoms with Crippen molar-refractivity contribution in [3.05, 3.63) is 51.8 Å². The van der Waals surface area contributed by atoms with E-state index in [2.05, 4.69) is 16.7 Å². The van der Waals surface area contributed by atoms with Crippen molar-refractivity contribution in [1.29, 1.82) is 0 Å². The van der Waals surface area contributed by atoms with E-state index in [0.29, 0.717) is 0 Å². The van der Waals surface area contributed by atoms with Gasteiger partial charge < -0.3 is 4.57 Å². The minimum Gasteiger partial charge on any atom is -0.344 e. The number of para-hydroxylation sites is 1. The van der Waals surface area contributed by atoms with Crippen molar-refractivity contribution in [1.82, 2.24) is 4.57 Å². The van der Waals surface area contributed by atoms with E-state index in [1.165, 1.54) is 0 Å². The van der Waals surface area contributed by atoms with Crippen LogP contribution in [0.2, 0.25) is 0 Å². The molecule has 1 aromatic heterocycles. The number of aryl methyl sites for hydroxylation is 1. The minimum absolute atomic E-state index is 0.202. The molecule has 0 atom stereocenters. The second kappa shape index (κ2) is 3.34. The van der Waals surface area contributed by atoms with Gasteiger partial charge in [-0.15, -0.1) is 0 Å². The van der Waals surface area contributed by atoms with Crippen LogP contribution in [0, 0.1) is 0 Å². The molecule has 0 saturated heterocycles. The molecule has 0 bridgehead atoms. The number of fused-ring (bicyclic) bond motifs is 2. The fraction of sp³-hybridized carbons (Fsp3) is 0.214. The molecule has 3 rings (SSSR count). The van der Waals surface area contributed by atoms with Crippen LogP contribution in [0.25, 0.3) is 17.0 Å². The zero-order valence-corrected chi connectivity index (χ0v) is 9.23. The third-order valence-corrected chi connectivity index (χ3v) is 3.29. The van der Waals surface area contributed by atoms with E-state index >= 15 is 0 Å². The van der Waals surface area contributed by atoms with Crippen LogP contribution >= 0.6 is 0 Å². The zero-order valence-electron chi connectivity index (χ0n) is 9.23. The monoisotopic (exact) mass is 211 g/mol. The summed E-state index contributed by atoms with van der Waals surface area (Å²) in [4.78, 5) is 12.3. The Morgan fingerprint density at radius 3 is 2.94 bits per heavy atom. The van der Waals surface area contributed by atoms with Crippen molar-refractivity contribution in [2.24, 2.45) is 7.05 Å². The van der Waals surface area contributed by atoms with Gasteiger partial charge in [-0.2, -0.15) is 0 Å². The quantitative estimate of drug-likeness (QED) is 0.656. The number of aromatic nitrogens is 1. The van der Waals surface area contributed by atoms with Crippen LogP contribution in [0.3, 0.4) is 0 Å². The van der Waals surface area contributed by atoms with Crippen LogP contribution < -0.4 is 5.43 Å². The molecule has 0 fully saturated rings. The average molecular weight is 211 g/mol. The lowest BCUT2D eigenvalue weighted by Crippen LogP contribution is -2.18. The van der Waals surface area contributed by atoms with Crippen LogP contribution in [0.1, 0.15) is 17.7 Å². The highest BCUT2D eigenvalue weighted by Crippen LogP contribution is 2.20. The fourth-order valence-corrected chi connectivity index (χ4v) is 2.45. The van der Waals surface area contributed by atoms with Crippen molar-refractivity contribution in [3.8, 4) is 0 Å². The number of hydrogen-bond donors (Lipinski definition) is 0. The van der Waals surface area contributed by atoms with E-state index < -0.39 is 0 Å². The van der Waals surface area contributed by atoms with Gasteiger partial charge in [0, 0.05) is 23.7 Å². The van der Waals surface area contributed by atoms with Crippen LogP contribution in [-0.4, -0.2) is 4.57 Å². The predicted octanol–water partition coefficient (Wildman–Crippen LogP) is 2.50. The second-order valence-electron chi connectivity index (χ2n) is 4.21. The van der Waals surface area contributed by atoms with E-state index in [0.717, 1.165) is 35.0 Å². The Kier molecular flexibility index (Phi) is 1.96. The first-order valence-electron chi connectivity index (χ1n) is 5.56. The number of nitrogens with zero attached hydrogens (tertiary/aromatic N) is 1. The van der Waals surface area contributed by atoms with Crippen molar-refractivity contribution in [2.75, 3.05) is 0 Å². The lowest BCUT2D eigenvalue weighted by Gasteiger charge is -2.16. The molecule has 0 aliphatic heterocycles. The molecule has 2 nitrogen and oxygen atoms in total. The van der Waals surface area contributed by atoms with Crippen molar-refractivity contribution in [3.63, 3.8) is 0 Å². The summed E-state index contributed by atoms with van der Waals surface area (Å²) in [5, 5.41) is 0.832. The summed E-state index contributed by atoms with van der Waals surface area (Å²) in [7, 11) is 2.02. The van der Waals surface area contributed by atoms with Gasteiger partial charge in [0.1, 0.15) is 0 Å². The lowest BCUT2D eigenvalue weighted by atomic mass is 9.99. The van der Waals surface area contributed by atoms with Gasteiger partial charge in [-0.1, -0.05) is 18.2 Å². The molecule has 1 aromatic carbocycles. The maximum atomic E-state index is 12.3. The maximum Gasteiger partial charge on any atom is 0.193 e. The van der Waals surface area contributed by atoms with E-state index in [9.17, 15) is 4.79 Å². The average Bonchev–Trinajstić information content (AvgIpc) is 2.36. The molecule has 0 unspecified atom stereocenters. The first kappa shape index (κ1) is 9.40. The Balaban J connectivity index is 2.55. The lowest BCUT2D eigenvalue weighted by molar-refractivity contribution is 0.870. The van der Waals surface area contributed by atoms with E-state index in [4.69, 9.17) is 0 Å². The van der Waals surface area contributed by atoms with Gasteiger partial charge in [-0.25, -0.2) is 0 Å². The molecule has 0 amide bonds. The van der Waals surface area contributed by atoms with Crippen molar-refractivity contribution in [2.45, 2.75) is 12.8 Å². The molecule has 2 aromatic rings. The third-order valence-electron chi connectivity index (χ3n) is 3.29. The Morgan fingerprint density at radius 1 is 1.25 bits per heavy atom. The molecular formula is C14H13NO. The summed E-state index contributed by atoms with van der Waals surface area (Å²) in [6, 6.07) is 7.81. The van der Waals surface area contributed by atoms with Crippen LogP contribution in [0.4, 0.5) is 0 Å². The zero-order chi connectivity index (χ0) is 11.1. The molecule has 0 saturated carbocycles. The molecule has 80 valence electrons. The molecule has 0 N–H and O–H groups in total. The van der Waals surface area contributed by atoms with Crippen LogP contribution in [-0.2, 0) is 13.5 Å². The molecule has 2 heteroatoms. The normalized spacial score (nSPS) is 14.1. The van der Waals surface area contributed by atoms with Crippen molar-refractivity contribution < 1.29 is 0 Å². The summed E-state index contributed by atoms with van der Waals surface area (Å²) in [6.45, 7) is 0. The Hall–Kier alpha value is -1.83. The Labute approximate surface area is 93.8 Å². The van der Waals surface area contributed by atoms with Gasteiger partial charge in [-0.3, -0.25) is 4.79 Å². The summed E-state index contributed by atoms with van der Waals surface area (Å²) in [5.41, 5.74) is 3.24. The summed E-state index contributed by atoms with van der Waals surface area (Å²) in [6.07, 6.45) is 6.03. The summed E-state index contributed by atoms with van der Waals surface area (Å²) < 4.78 is 2.11. The highest BCUT2D eigenvalue weighted by atomic mass is 16.1. The third kappa shape index (κ3) is 1.16. The summed E-state index contributed by atoms with van der Waals surface area (Å²) >= 11 is 0. The van der Waals surface area contributed by atoms with Gasteiger partial charge in [0.2, 0.25) is 0 Å². The van der Waals surface area contributed by atoms with Gasteiger partial charge >= 0.3 is 0 Å². The van der Waals surface area contributed by atoms with Gasteiger partial charge in [-0.05, 0) is 31.1 Å². The van der Waals surface area contributed by atoms with E-state index in [-0.39, 0.29) is 5.43 Å². The van der Waals surface area contributed by atoms with Crippen molar-refractivity contribution >= 4 is 17.0 Å². The van der Waals surface area contributed by atoms with Gasteiger partial charge in [0.05, 0.1) is 5.52 Å². The van der Waals surface area contributed by atoms with Crippen LogP contribution in [0.5, 0.6) is 0 Å². The SMILES string of the molecule is Cn1c2c(c(=O)c3ccccc31)CCC=C2. The molecule has 1 aliphatic carbocycles. The first-order chi connectivity index (χ1) is 7.79. The fourth-order valence-electron chi connectivity index (χ4n) is 2.45. The molecule has 16 heavy (non-hydrogen) atoms. The molecule has 0 spiro atoms. The van der Waals surface area contributed by atoms with E-state index in [1.807, 2.05) is 31.3 Å². The van der Waals surface area contributed by atoms with Gasteiger partial charge in [0.15, 0.2) is 5.43 Å². The topological polar surface area (TPSA) is 22.0 Å². The van der Waals surface area contributed by atoms with Crippen LogP contribution in [0.15, 0.2) is 35.1 Å². The first-order valence-corrected chi connectivity index (χ1v) is 5.56. The minimum atomic E-state index is 0.202. The highest BCUT2D eigenvalue weighted by molar-refractivity contribution is 5.82. The molecular weight excluding hydrogens is 198 g/mol. The smallest absolute Gasteiger partial charge is 0.193 e.